The molecule has 0 aromatic heterocycles. The van der Waals surface area contributed by atoms with E-state index in [0.717, 1.165) is 6.42 Å². The second-order valence-corrected chi connectivity index (χ2v) is 3.46. The predicted molar refractivity (Wildman–Crippen MR) is 80.3 cm³/mol. The van der Waals surface area contributed by atoms with Gasteiger partial charge in [-0.05, 0) is 6.42 Å². The Hall–Kier alpha value is -0.357. The third kappa shape index (κ3) is 6.54. The third-order valence-electron chi connectivity index (χ3n) is 2.36. The van der Waals surface area contributed by atoms with Crippen molar-refractivity contribution in [2.24, 2.45) is 0 Å². The molecular weight excluding hydrogens is 342 g/mol. The van der Waals surface area contributed by atoms with Gasteiger partial charge in [-0.2, -0.15) is 12.1 Å². The fourth-order valence-corrected chi connectivity index (χ4v) is 1.57. The van der Waals surface area contributed by atoms with Gasteiger partial charge in [-0.1, -0.05) is 6.08 Å². The zero-order valence-corrected chi connectivity index (χ0v) is 14.0. The molecule has 100 valence electrons. The number of allylic oxidation sites excluding steroid dienone is 4. The Kier molecular flexibility index (Phi) is 13.0. The Labute approximate surface area is 140 Å². The number of hydrogen-bond acceptors (Lipinski definition) is 0. The van der Waals surface area contributed by atoms with E-state index in [-0.39, 0.29) is 51.0 Å². The SMILES string of the molecule is C1=CCC([c-]2cccc2)=C1.Cl.Cl.[Zr].[cH-]1[cH-][cH-][cH-][cH-]1. The largest absolute Gasteiger partial charge is 0.748 e. The molecule has 1 aliphatic carbocycles. The van der Waals surface area contributed by atoms with Crippen LogP contribution >= 0.6 is 24.8 Å². The summed E-state index contributed by atoms with van der Waals surface area (Å²) in [7, 11) is 0. The molecule has 0 bridgehead atoms. The van der Waals surface area contributed by atoms with Crippen molar-refractivity contribution in [3.05, 3.63) is 78.4 Å². The van der Waals surface area contributed by atoms with Crippen molar-refractivity contribution >= 4 is 30.4 Å². The van der Waals surface area contributed by atoms with Crippen LogP contribution in [0.25, 0.3) is 5.57 Å². The van der Waals surface area contributed by atoms with Gasteiger partial charge in [-0.25, -0.2) is 0 Å². The molecule has 3 heteroatoms. The van der Waals surface area contributed by atoms with Gasteiger partial charge >= 0.3 is 0 Å². The van der Waals surface area contributed by atoms with E-state index in [1.54, 1.807) is 0 Å². The van der Waals surface area contributed by atoms with Gasteiger partial charge in [0.25, 0.3) is 0 Å². The minimum atomic E-state index is 0. The van der Waals surface area contributed by atoms with Gasteiger partial charge in [-0.3, -0.25) is 0 Å². The molecule has 3 rings (SSSR count). The average Bonchev–Trinajstić information content (AvgIpc) is 3.06. The number of halogens is 2. The second kappa shape index (κ2) is 11.7. The molecule has 0 unspecified atom stereocenters. The van der Waals surface area contributed by atoms with Gasteiger partial charge < -0.3 is 30.3 Å². The van der Waals surface area contributed by atoms with Gasteiger partial charge in [0.05, 0.1) is 0 Å². The third-order valence-corrected chi connectivity index (χ3v) is 2.36. The maximum Gasteiger partial charge on any atom is 0 e. The summed E-state index contributed by atoms with van der Waals surface area (Å²) in [5.41, 5.74) is 2.80. The van der Waals surface area contributed by atoms with Gasteiger partial charge in [0.1, 0.15) is 0 Å². The van der Waals surface area contributed by atoms with E-state index in [1.165, 1.54) is 11.1 Å². The van der Waals surface area contributed by atoms with E-state index < -0.39 is 0 Å². The molecule has 0 aliphatic heterocycles. The summed E-state index contributed by atoms with van der Waals surface area (Å²) in [5, 5.41) is 0. The standard InChI is InChI=1S/C10H9.C5H5.2ClH.Zr/c1-2-6-9(5-1)10-7-3-4-8-10;1-2-4-5-3-1;;;/h1-7H,8H2;1-5H;2*1H;/q-1;-5;;;. The quantitative estimate of drug-likeness (QED) is 0.630. The van der Waals surface area contributed by atoms with Crippen LogP contribution in [-0.4, -0.2) is 0 Å². The molecule has 18 heavy (non-hydrogen) atoms. The van der Waals surface area contributed by atoms with Crippen molar-refractivity contribution < 1.29 is 26.2 Å². The molecule has 2 aromatic carbocycles. The summed E-state index contributed by atoms with van der Waals surface area (Å²) in [4.78, 5) is 0. The average molecular weight is 358 g/mol. The molecule has 0 atom stereocenters. The summed E-state index contributed by atoms with van der Waals surface area (Å²) < 4.78 is 0. The maximum atomic E-state index is 2.18. The summed E-state index contributed by atoms with van der Waals surface area (Å²) in [6.45, 7) is 0. The van der Waals surface area contributed by atoms with Crippen LogP contribution in [0.4, 0.5) is 0 Å². The van der Waals surface area contributed by atoms with E-state index >= 15 is 0 Å². The van der Waals surface area contributed by atoms with Crippen LogP contribution in [0, 0.1) is 0 Å². The van der Waals surface area contributed by atoms with Gasteiger partial charge in [0.15, 0.2) is 0 Å². The first-order chi connectivity index (χ1) is 7.47. The fraction of sp³-hybridized carbons (Fsp3) is 0.0667. The van der Waals surface area contributed by atoms with Crippen LogP contribution in [0.5, 0.6) is 0 Å². The molecule has 0 amide bonds. The number of hydrogen-bond donors (Lipinski definition) is 0. The van der Waals surface area contributed by atoms with Gasteiger partial charge in [-0.15, -0.1) is 60.2 Å². The monoisotopic (exact) mass is 356 g/mol. The Balaban J connectivity index is 0. The summed E-state index contributed by atoms with van der Waals surface area (Å²) in [5.74, 6) is 0. The minimum Gasteiger partial charge on any atom is -0.748 e. The summed E-state index contributed by atoms with van der Waals surface area (Å²) >= 11 is 0. The van der Waals surface area contributed by atoms with Crippen LogP contribution in [0.3, 0.4) is 0 Å². The maximum absolute atomic E-state index is 2.18. The molecule has 0 saturated heterocycles. The molecule has 0 nitrogen and oxygen atoms in total. The van der Waals surface area contributed by atoms with E-state index in [1.807, 2.05) is 30.3 Å². The Bertz CT molecular complexity index is 408. The van der Waals surface area contributed by atoms with Gasteiger partial charge in [0.2, 0.25) is 0 Å². The van der Waals surface area contributed by atoms with E-state index in [9.17, 15) is 0 Å². The molecule has 1 aliphatic rings. The van der Waals surface area contributed by atoms with Crippen molar-refractivity contribution in [2.75, 3.05) is 0 Å². The normalized spacial score (nSPS) is 11.0. The molecule has 0 heterocycles. The summed E-state index contributed by atoms with van der Waals surface area (Å²) in [6.07, 6.45) is 7.57. The van der Waals surface area contributed by atoms with Crippen molar-refractivity contribution in [3.63, 3.8) is 0 Å². The van der Waals surface area contributed by atoms with Crippen LogP contribution in [0.15, 0.2) is 72.8 Å². The molecule has 2 aromatic rings. The molecule has 0 radical (unpaired) electrons. The van der Waals surface area contributed by atoms with Crippen LogP contribution < -0.4 is 0 Å². The van der Waals surface area contributed by atoms with Crippen LogP contribution in [-0.2, 0) is 26.2 Å². The smallest absolute Gasteiger partial charge is 0 e. The Morgan fingerprint density at radius 1 is 0.889 bits per heavy atom. The second-order valence-electron chi connectivity index (χ2n) is 3.46. The predicted octanol–water partition coefficient (Wildman–Crippen LogP) is 5.00. The molecule has 0 fully saturated rings. The van der Waals surface area contributed by atoms with Crippen molar-refractivity contribution in [3.8, 4) is 0 Å². The van der Waals surface area contributed by atoms with Gasteiger partial charge in [0, 0.05) is 26.2 Å². The van der Waals surface area contributed by atoms with Crippen molar-refractivity contribution in [1.82, 2.24) is 0 Å². The van der Waals surface area contributed by atoms with E-state index in [4.69, 9.17) is 0 Å². The number of rotatable bonds is 1. The Morgan fingerprint density at radius 2 is 1.39 bits per heavy atom. The minimum absolute atomic E-state index is 0. The van der Waals surface area contributed by atoms with Crippen molar-refractivity contribution in [2.45, 2.75) is 6.42 Å². The fourth-order valence-electron chi connectivity index (χ4n) is 1.57. The first kappa shape index (κ1) is 20.0. The molecule has 0 spiro atoms. The summed E-state index contributed by atoms with van der Waals surface area (Å²) in [6, 6.07) is 18.5. The van der Waals surface area contributed by atoms with Crippen molar-refractivity contribution in [1.29, 1.82) is 0 Å². The Morgan fingerprint density at radius 3 is 1.78 bits per heavy atom. The molecular formula is C15H16Cl2Zr-6. The first-order valence-electron chi connectivity index (χ1n) is 5.21. The first-order valence-corrected chi connectivity index (χ1v) is 5.21. The zero-order valence-electron chi connectivity index (χ0n) is 9.95. The molecule has 0 N–H and O–H groups in total. The van der Waals surface area contributed by atoms with E-state index in [0.29, 0.717) is 0 Å². The molecule has 0 saturated carbocycles. The zero-order chi connectivity index (χ0) is 10.3. The topological polar surface area (TPSA) is 0 Å². The van der Waals surface area contributed by atoms with Crippen LogP contribution in [0.1, 0.15) is 12.0 Å². The van der Waals surface area contributed by atoms with E-state index in [2.05, 4.69) is 42.5 Å². The van der Waals surface area contributed by atoms with Crippen LogP contribution in [0.2, 0.25) is 0 Å².